The summed E-state index contributed by atoms with van der Waals surface area (Å²) >= 11 is 0. The highest BCUT2D eigenvalue weighted by atomic mass is 16.5. The van der Waals surface area contributed by atoms with E-state index in [1.165, 1.54) is 0 Å². The van der Waals surface area contributed by atoms with Crippen LogP contribution >= 0.6 is 0 Å². The van der Waals surface area contributed by atoms with Gasteiger partial charge in [-0.3, -0.25) is 0 Å². The zero-order valence-electron chi connectivity index (χ0n) is 12.3. The Labute approximate surface area is 119 Å². The molecule has 1 aliphatic heterocycles. The summed E-state index contributed by atoms with van der Waals surface area (Å²) in [6.45, 7) is 3.52. The van der Waals surface area contributed by atoms with Gasteiger partial charge in [-0.1, -0.05) is 6.07 Å². The first-order valence-electron chi connectivity index (χ1n) is 6.81. The first-order chi connectivity index (χ1) is 9.47. The third-order valence-electron chi connectivity index (χ3n) is 3.98. The standard InChI is InChI=1S/C15H22N2O3/c1-11-4-5-13(20-3)12(10-11)16-15(14(18)19)6-8-17(2)9-7-15/h4-5,10,16H,6-9H2,1-3H3,(H,18,19). The van der Waals surface area contributed by atoms with Gasteiger partial charge in [0.1, 0.15) is 11.3 Å². The molecule has 1 saturated heterocycles. The first kappa shape index (κ1) is 14.7. The number of rotatable bonds is 4. The molecule has 0 aromatic heterocycles. The van der Waals surface area contributed by atoms with Crippen molar-refractivity contribution in [1.29, 1.82) is 0 Å². The molecule has 0 aliphatic carbocycles. The van der Waals surface area contributed by atoms with Crippen molar-refractivity contribution in [2.75, 3.05) is 32.6 Å². The monoisotopic (exact) mass is 278 g/mol. The lowest BCUT2D eigenvalue weighted by molar-refractivity contribution is -0.143. The maximum Gasteiger partial charge on any atom is 0.329 e. The molecule has 0 unspecified atom stereocenters. The largest absolute Gasteiger partial charge is 0.495 e. The lowest BCUT2D eigenvalue weighted by Crippen LogP contribution is -2.53. The van der Waals surface area contributed by atoms with Gasteiger partial charge in [0.25, 0.3) is 0 Å². The van der Waals surface area contributed by atoms with Crippen LogP contribution in [0.25, 0.3) is 0 Å². The van der Waals surface area contributed by atoms with Gasteiger partial charge in [0.2, 0.25) is 0 Å². The molecule has 1 aliphatic rings. The Kier molecular flexibility index (Phi) is 4.18. The number of likely N-dealkylation sites (tertiary alicyclic amines) is 1. The summed E-state index contributed by atoms with van der Waals surface area (Å²) in [7, 11) is 3.61. The van der Waals surface area contributed by atoms with Crippen molar-refractivity contribution in [2.45, 2.75) is 25.3 Å². The molecule has 1 aromatic carbocycles. The number of carbonyl (C=O) groups is 1. The number of piperidine rings is 1. The normalized spacial score (nSPS) is 18.6. The summed E-state index contributed by atoms with van der Waals surface area (Å²) in [5.41, 5.74) is 0.911. The molecule has 0 atom stereocenters. The Morgan fingerprint density at radius 3 is 2.60 bits per heavy atom. The molecule has 0 radical (unpaired) electrons. The van der Waals surface area contributed by atoms with Crippen LogP contribution in [0.4, 0.5) is 5.69 Å². The molecule has 2 N–H and O–H groups in total. The van der Waals surface area contributed by atoms with Gasteiger partial charge < -0.3 is 20.1 Å². The van der Waals surface area contributed by atoms with Crippen LogP contribution < -0.4 is 10.1 Å². The maximum absolute atomic E-state index is 11.8. The van der Waals surface area contributed by atoms with Crippen molar-refractivity contribution in [3.63, 3.8) is 0 Å². The Morgan fingerprint density at radius 2 is 2.05 bits per heavy atom. The second-order valence-electron chi connectivity index (χ2n) is 5.52. The van der Waals surface area contributed by atoms with Crippen molar-refractivity contribution in [3.05, 3.63) is 23.8 Å². The van der Waals surface area contributed by atoms with Crippen molar-refractivity contribution in [3.8, 4) is 5.75 Å². The molecule has 0 spiro atoms. The van der Waals surface area contributed by atoms with Gasteiger partial charge in [-0.05, 0) is 44.5 Å². The van der Waals surface area contributed by atoms with Gasteiger partial charge >= 0.3 is 5.97 Å². The summed E-state index contributed by atoms with van der Waals surface area (Å²) in [4.78, 5) is 13.9. The van der Waals surface area contributed by atoms with Crippen molar-refractivity contribution < 1.29 is 14.6 Å². The molecule has 5 heteroatoms. The lowest BCUT2D eigenvalue weighted by atomic mass is 9.87. The van der Waals surface area contributed by atoms with E-state index in [9.17, 15) is 9.90 Å². The molecular weight excluding hydrogens is 256 g/mol. The van der Waals surface area contributed by atoms with Crippen LogP contribution in [-0.2, 0) is 4.79 Å². The maximum atomic E-state index is 11.8. The number of methoxy groups -OCH3 is 1. The van der Waals surface area contributed by atoms with Crippen LogP contribution in [-0.4, -0.2) is 48.8 Å². The van der Waals surface area contributed by atoms with Gasteiger partial charge in [-0.25, -0.2) is 4.79 Å². The summed E-state index contributed by atoms with van der Waals surface area (Å²) in [5.74, 6) is -0.121. The third kappa shape index (κ3) is 2.88. The molecule has 5 nitrogen and oxygen atoms in total. The van der Waals surface area contributed by atoms with Crippen molar-refractivity contribution in [1.82, 2.24) is 4.90 Å². The van der Waals surface area contributed by atoms with E-state index in [4.69, 9.17) is 4.74 Å². The van der Waals surface area contributed by atoms with Crippen LogP contribution in [0.1, 0.15) is 18.4 Å². The summed E-state index contributed by atoms with van der Waals surface area (Å²) in [5, 5.41) is 12.9. The molecule has 2 rings (SSSR count). The smallest absolute Gasteiger partial charge is 0.329 e. The van der Waals surface area contributed by atoms with Crippen LogP contribution in [0.5, 0.6) is 5.75 Å². The molecule has 1 heterocycles. The van der Waals surface area contributed by atoms with Gasteiger partial charge in [-0.15, -0.1) is 0 Å². The number of carboxylic acids is 1. The topological polar surface area (TPSA) is 61.8 Å². The number of nitrogens with one attached hydrogen (secondary N) is 1. The first-order valence-corrected chi connectivity index (χ1v) is 6.81. The molecule has 0 amide bonds. The number of aryl methyl sites for hydroxylation is 1. The van der Waals surface area contributed by atoms with Gasteiger partial charge in [0.05, 0.1) is 12.8 Å². The number of benzene rings is 1. The van der Waals surface area contributed by atoms with E-state index in [1.54, 1.807) is 7.11 Å². The molecular formula is C15H22N2O3. The van der Waals surface area contributed by atoms with Crippen molar-refractivity contribution >= 4 is 11.7 Å². The molecule has 0 saturated carbocycles. The third-order valence-corrected chi connectivity index (χ3v) is 3.98. The minimum atomic E-state index is -0.909. The average Bonchev–Trinajstić information content (AvgIpc) is 2.41. The fourth-order valence-corrected chi connectivity index (χ4v) is 2.57. The van der Waals surface area contributed by atoms with E-state index in [-0.39, 0.29) is 0 Å². The minimum Gasteiger partial charge on any atom is -0.495 e. The Morgan fingerprint density at radius 1 is 1.40 bits per heavy atom. The van der Waals surface area contributed by atoms with Gasteiger partial charge in [0.15, 0.2) is 0 Å². The predicted octanol–water partition coefficient (Wildman–Crippen LogP) is 1.96. The average molecular weight is 278 g/mol. The Balaban J connectivity index is 2.29. The van der Waals surface area contributed by atoms with E-state index in [0.717, 1.165) is 24.3 Å². The van der Waals surface area contributed by atoms with Crippen LogP contribution in [0.2, 0.25) is 0 Å². The van der Waals surface area contributed by atoms with E-state index in [1.807, 2.05) is 32.2 Å². The summed E-state index contributed by atoms with van der Waals surface area (Å²) in [6.07, 6.45) is 1.16. The van der Waals surface area contributed by atoms with Crippen LogP contribution in [0.15, 0.2) is 18.2 Å². The molecule has 1 fully saturated rings. The highest BCUT2D eigenvalue weighted by Gasteiger charge is 2.41. The fraction of sp³-hybridized carbons (Fsp3) is 0.533. The van der Waals surface area contributed by atoms with E-state index >= 15 is 0 Å². The van der Waals surface area contributed by atoms with E-state index in [0.29, 0.717) is 18.6 Å². The summed E-state index contributed by atoms with van der Waals surface area (Å²) < 4.78 is 5.32. The van der Waals surface area contributed by atoms with Crippen LogP contribution in [0.3, 0.4) is 0 Å². The number of carboxylic acid groups (broad SMARTS) is 1. The van der Waals surface area contributed by atoms with Crippen molar-refractivity contribution in [2.24, 2.45) is 0 Å². The SMILES string of the molecule is COc1ccc(C)cc1NC1(C(=O)O)CCN(C)CC1. The Hall–Kier alpha value is -1.75. The molecule has 110 valence electrons. The molecule has 20 heavy (non-hydrogen) atoms. The van der Waals surface area contributed by atoms with E-state index in [2.05, 4.69) is 10.2 Å². The second-order valence-corrected chi connectivity index (χ2v) is 5.52. The fourth-order valence-electron chi connectivity index (χ4n) is 2.57. The number of aliphatic carboxylic acids is 1. The second kappa shape index (κ2) is 5.71. The summed E-state index contributed by atoms with van der Waals surface area (Å²) in [6, 6.07) is 5.75. The number of nitrogens with zero attached hydrogens (tertiary/aromatic N) is 1. The lowest BCUT2D eigenvalue weighted by Gasteiger charge is -2.38. The molecule has 1 aromatic rings. The van der Waals surface area contributed by atoms with Gasteiger partial charge in [0, 0.05) is 13.1 Å². The highest BCUT2D eigenvalue weighted by molar-refractivity contribution is 5.84. The highest BCUT2D eigenvalue weighted by Crippen LogP contribution is 2.32. The minimum absolute atomic E-state index is 0.579. The Bertz CT molecular complexity index is 494. The number of ether oxygens (including phenoxy) is 1. The van der Waals surface area contributed by atoms with Crippen LogP contribution in [0, 0.1) is 6.92 Å². The zero-order chi connectivity index (χ0) is 14.8. The van der Waals surface area contributed by atoms with Gasteiger partial charge in [-0.2, -0.15) is 0 Å². The van der Waals surface area contributed by atoms with E-state index < -0.39 is 11.5 Å². The predicted molar refractivity (Wildman–Crippen MR) is 78.5 cm³/mol. The number of anilines is 1. The zero-order valence-corrected chi connectivity index (χ0v) is 12.3. The quantitative estimate of drug-likeness (QED) is 0.881. The molecule has 0 bridgehead atoms. The number of hydrogen-bond acceptors (Lipinski definition) is 4. The number of hydrogen-bond donors (Lipinski definition) is 2.